The van der Waals surface area contributed by atoms with Gasteiger partial charge in [-0.3, -0.25) is 4.79 Å². The molecule has 0 spiro atoms. The largest absolute Gasteiger partial charge is 0.355 e. The van der Waals surface area contributed by atoms with E-state index in [-0.39, 0.29) is 5.91 Å². The van der Waals surface area contributed by atoms with Gasteiger partial charge in [0, 0.05) is 37.3 Å². The van der Waals surface area contributed by atoms with Crippen LogP contribution in [0, 0.1) is 0 Å². The van der Waals surface area contributed by atoms with Gasteiger partial charge < -0.3 is 10.2 Å². The van der Waals surface area contributed by atoms with Gasteiger partial charge in [-0.25, -0.2) is 15.0 Å². The fourth-order valence-electron chi connectivity index (χ4n) is 2.31. The Kier molecular flexibility index (Phi) is 3.89. The molecule has 0 bridgehead atoms. The molecular formula is C15H17N5OS. The van der Waals surface area contributed by atoms with Crippen molar-refractivity contribution in [1.82, 2.24) is 15.3 Å². The molecule has 114 valence electrons. The van der Waals surface area contributed by atoms with Crippen LogP contribution in [0.1, 0.15) is 35.5 Å². The number of aliphatic imine (C=N–C) groups is 1. The number of nitrogens with zero attached hydrogens (tertiary/aromatic N) is 4. The van der Waals surface area contributed by atoms with Gasteiger partial charge >= 0.3 is 0 Å². The molecule has 0 aliphatic carbocycles. The maximum absolute atomic E-state index is 11.7. The molecule has 6 nitrogen and oxygen atoms in total. The highest BCUT2D eigenvalue weighted by atomic mass is 32.1. The summed E-state index contributed by atoms with van der Waals surface area (Å²) in [5.41, 5.74) is 3.07. The first-order valence-corrected chi connectivity index (χ1v) is 8.07. The lowest BCUT2D eigenvalue weighted by Gasteiger charge is -2.18. The first-order valence-electron chi connectivity index (χ1n) is 7.20. The van der Waals surface area contributed by atoms with Crippen LogP contribution >= 0.6 is 11.3 Å². The molecule has 0 fully saturated rings. The van der Waals surface area contributed by atoms with Crippen LogP contribution in [-0.2, 0) is 0 Å². The summed E-state index contributed by atoms with van der Waals surface area (Å²) in [7, 11) is 1.60. The minimum atomic E-state index is -0.149. The smallest absolute Gasteiger partial charge is 0.252 e. The Balaban J connectivity index is 1.88. The van der Waals surface area contributed by atoms with Gasteiger partial charge in [0.2, 0.25) is 0 Å². The molecule has 7 heteroatoms. The fraction of sp³-hybridized carbons (Fsp3) is 0.333. The third-order valence-corrected chi connectivity index (χ3v) is 4.50. The van der Waals surface area contributed by atoms with Crippen LogP contribution in [0.3, 0.4) is 0 Å². The lowest BCUT2D eigenvalue weighted by molar-refractivity contribution is 0.0962. The van der Waals surface area contributed by atoms with Gasteiger partial charge in [-0.05, 0) is 19.9 Å². The second-order valence-electron chi connectivity index (χ2n) is 4.82. The predicted octanol–water partition coefficient (Wildman–Crippen LogP) is 2.23. The quantitative estimate of drug-likeness (QED) is 0.784. The number of anilines is 1. The van der Waals surface area contributed by atoms with Crippen molar-refractivity contribution in [3.05, 3.63) is 34.5 Å². The average Bonchev–Trinajstić information content (AvgIpc) is 2.98. The molecule has 2 aromatic heterocycles. The maximum atomic E-state index is 11.7. The standard InChI is InChI=1S/C15H17N5OS/c1-4-20(5-2)15-18-11(8-22-15)12-10-6-9(14(21)16-3)7-17-13(10)19-12/h6-8H,4-5H2,1-3H3,(H,16,21). The van der Waals surface area contributed by atoms with Crippen LogP contribution in [0.2, 0.25) is 0 Å². The number of nitrogens with one attached hydrogen (secondary N) is 1. The summed E-state index contributed by atoms with van der Waals surface area (Å²) >= 11 is 1.61. The molecule has 22 heavy (non-hydrogen) atoms. The average molecular weight is 315 g/mol. The highest BCUT2D eigenvalue weighted by Crippen LogP contribution is 2.33. The van der Waals surface area contributed by atoms with Crippen molar-refractivity contribution in [2.75, 3.05) is 25.0 Å². The molecule has 1 N–H and O–H groups in total. The molecule has 0 aromatic carbocycles. The van der Waals surface area contributed by atoms with Crippen LogP contribution in [-0.4, -0.2) is 41.7 Å². The number of carbonyl (C=O) groups excluding carboxylic acids is 1. The number of hydrogen-bond acceptors (Lipinski definition) is 6. The maximum Gasteiger partial charge on any atom is 0.252 e. The van der Waals surface area contributed by atoms with E-state index in [0.29, 0.717) is 11.4 Å². The number of pyridine rings is 1. The van der Waals surface area contributed by atoms with Crippen molar-refractivity contribution in [3.63, 3.8) is 0 Å². The van der Waals surface area contributed by atoms with Gasteiger partial charge in [0.1, 0.15) is 11.4 Å². The first kappa shape index (κ1) is 14.6. The van der Waals surface area contributed by atoms with Crippen LogP contribution < -0.4 is 10.2 Å². The minimum absolute atomic E-state index is 0.149. The molecule has 3 rings (SSSR count). The lowest BCUT2D eigenvalue weighted by Crippen LogP contribution is -2.22. The third kappa shape index (κ3) is 2.37. The van der Waals surface area contributed by atoms with Crippen molar-refractivity contribution in [1.29, 1.82) is 0 Å². The summed E-state index contributed by atoms with van der Waals surface area (Å²) in [5.74, 6) is 0.517. The summed E-state index contributed by atoms with van der Waals surface area (Å²) in [6.45, 7) is 6.07. The highest BCUT2D eigenvalue weighted by molar-refractivity contribution is 7.14. The second-order valence-corrected chi connectivity index (χ2v) is 5.66. The van der Waals surface area contributed by atoms with Gasteiger partial charge in [-0.15, -0.1) is 11.3 Å². The summed E-state index contributed by atoms with van der Waals surface area (Å²) in [6, 6.07) is 1.82. The van der Waals surface area contributed by atoms with Crippen molar-refractivity contribution in [2.24, 2.45) is 4.99 Å². The summed E-state index contributed by atoms with van der Waals surface area (Å²) in [5, 5.41) is 5.60. The molecule has 1 aliphatic rings. The van der Waals surface area contributed by atoms with Crippen LogP contribution in [0.4, 0.5) is 10.9 Å². The van der Waals surface area contributed by atoms with E-state index in [9.17, 15) is 4.79 Å². The van der Waals surface area contributed by atoms with Crippen molar-refractivity contribution < 1.29 is 4.79 Å². The lowest BCUT2D eigenvalue weighted by atomic mass is 10.0. The Bertz CT molecular complexity index is 748. The van der Waals surface area contributed by atoms with E-state index in [1.807, 2.05) is 11.4 Å². The van der Waals surface area contributed by atoms with Crippen LogP contribution in [0.15, 0.2) is 22.6 Å². The van der Waals surface area contributed by atoms with E-state index in [1.165, 1.54) is 0 Å². The molecule has 0 saturated heterocycles. The molecule has 3 heterocycles. The molecule has 1 amide bonds. The van der Waals surface area contributed by atoms with Crippen molar-refractivity contribution in [3.8, 4) is 0 Å². The first-order chi connectivity index (χ1) is 10.7. The highest BCUT2D eigenvalue weighted by Gasteiger charge is 2.25. The summed E-state index contributed by atoms with van der Waals surface area (Å²) < 4.78 is 0. The van der Waals surface area contributed by atoms with Gasteiger partial charge in [0.25, 0.3) is 5.91 Å². The third-order valence-electron chi connectivity index (χ3n) is 3.60. The van der Waals surface area contributed by atoms with Crippen LogP contribution in [0.5, 0.6) is 0 Å². The van der Waals surface area contributed by atoms with Crippen molar-refractivity contribution >= 4 is 33.9 Å². The minimum Gasteiger partial charge on any atom is -0.355 e. The molecule has 0 atom stereocenters. The topological polar surface area (TPSA) is 70.5 Å². The monoisotopic (exact) mass is 315 g/mol. The number of hydrogen-bond donors (Lipinski definition) is 1. The fourth-order valence-corrected chi connectivity index (χ4v) is 3.25. The molecule has 0 unspecified atom stereocenters. The molecule has 1 aliphatic heterocycles. The zero-order chi connectivity index (χ0) is 15.7. The zero-order valence-corrected chi connectivity index (χ0v) is 13.6. The van der Waals surface area contributed by atoms with Gasteiger partial charge in [-0.1, -0.05) is 0 Å². The normalized spacial score (nSPS) is 12.2. The summed E-state index contributed by atoms with van der Waals surface area (Å²) in [4.78, 5) is 27.2. The summed E-state index contributed by atoms with van der Waals surface area (Å²) in [6.07, 6.45) is 1.54. The van der Waals surface area contributed by atoms with E-state index in [4.69, 9.17) is 0 Å². The Hall–Kier alpha value is -2.28. The Morgan fingerprint density at radius 3 is 2.82 bits per heavy atom. The van der Waals surface area contributed by atoms with E-state index in [1.54, 1.807) is 24.6 Å². The Morgan fingerprint density at radius 2 is 2.14 bits per heavy atom. The van der Waals surface area contributed by atoms with Gasteiger partial charge in [0.15, 0.2) is 10.9 Å². The number of aromatic nitrogens is 2. The number of carbonyl (C=O) groups is 1. The number of fused-ring (bicyclic) bond motifs is 1. The van der Waals surface area contributed by atoms with E-state index >= 15 is 0 Å². The number of thiazole rings is 1. The van der Waals surface area contributed by atoms with Gasteiger partial charge in [0.05, 0.1) is 5.56 Å². The van der Waals surface area contributed by atoms with Gasteiger partial charge in [-0.2, -0.15) is 0 Å². The number of rotatable bonds is 5. The number of amides is 1. The Morgan fingerprint density at radius 1 is 1.36 bits per heavy atom. The zero-order valence-electron chi connectivity index (χ0n) is 12.8. The Labute approximate surface area is 132 Å². The molecule has 0 radical (unpaired) electrons. The van der Waals surface area contributed by atoms with Crippen molar-refractivity contribution in [2.45, 2.75) is 13.8 Å². The van der Waals surface area contributed by atoms with E-state index in [2.05, 4.69) is 39.0 Å². The second kappa shape index (κ2) is 5.84. The SMILES string of the molecule is CCN(CC)c1nc(C2=Nc3ncc(C(=O)NC)cc32)cs1. The van der Waals surface area contributed by atoms with E-state index in [0.717, 1.165) is 35.2 Å². The predicted molar refractivity (Wildman–Crippen MR) is 88.6 cm³/mol. The molecule has 0 saturated carbocycles. The van der Waals surface area contributed by atoms with Crippen LogP contribution in [0.25, 0.3) is 0 Å². The molecular weight excluding hydrogens is 298 g/mol. The van der Waals surface area contributed by atoms with E-state index < -0.39 is 0 Å². The molecule has 2 aromatic rings.